The van der Waals surface area contributed by atoms with Crippen LogP contribution in [0.1, 0.15) is 23.4 Å². The Morgan fingerprint density at radius 1 is 1.27 bits per heavy atom. The van der Waals surface area contributed by atoms with Crippen molar-refractivity contribution in [2.75, 3.05) is 0 Å². The van der Waals surface area contributed by atoms with Gasteiger partial charge in [-0.25, -0.2) is 4.98 Å². The van der Waals surface area contributed by atoms with Crippen LogP contribution in [0.15, 0.2) is 41.2 Å². The Kier molecular flexibility index (Phi) is 2.87. The third-order valence-corrected chi connectivity index (χ3v) is 4.25. The lowest BCUT2D eigenvalue weighted by atomic mass is 9.80. The standard InChI is InChI=1S/C16H16N4O2/c1-20-9-8-17-14(20)13-18-15(22-19-13)16(21)7-6-11-4-2-3-5-12(11)10-16/h2-5,8-9,21H,6-7,10H2,1H3. The van der Waals surface area contributed by atoms with E-state index in [1.165, 1.54) is 5.56 Å². The molecule has 2 aromatic heterocycles. The molecule has 1 N–H and O–H groups in total. The summed E-state index contributed by atoms with van der Waals surface area (Å²) in [6, 6.07) is 8.14. The Hall–Kier alpha value is -2.47. The van der Waals surface area contributed by atoms with Crippen molar-refractivity contribution in [3.8, 4) is 11.6 Å². The van der Waals surface area contributed by atoms with Crippen LogP contribution in [-0.4, -0.2) is 24.8 Å². The molecule has 4 rings (SSSR count). The van der Waals surface area contributed by atoms with Crippen molar-refractivity contribution < 1.29 is 9.63 Å². The summed E-state index contributed by atoms with van der Waals surface area (Å²) in [4.78, 5) is 8.57. The van der Waals surface area contributed by atoms with Gasteiger partial charge in [0.05, 0.1) is 0 Å². The maximum atomic E-state index is 10.9. The number of aliphatic hydroxyl groups is 1. The van der Waals surface area contributed by atoms with Crippen molar-refractivity contribution in [2.24, 2.45) is 7.05 Å². The fraction of sp³-hybridized carbons (Fsp3) is 0.312. The second-order valence-electron chi connectivity index (χ2n) is 5.76. The summed E-state index contributed by atoms with van der Waals surface area (Å²) in [5.74, 6) is 1.28. The van der Waals surface area contributed by atoms with Gasteiger partial charge in [0.1, 0.15) is 5.60 Å². The van der Waals surface area contributed by atoms with Gasteiger partial charge in [0.15, 0.2) is 5.82 Å². The van der Waals surface area contributed by atoms with Gasteiger partial charge in [-0.1, -0.05) is 29.4 Å². The molecular weight excluding hydrogens is 280 g/mol. The zero-order chi connectivity index (χ0) is 15.2. The Bertz CT molecular complexity index is 823. The minimum atomic E-state index is -1.11. The van der Waals surface area contributed by atoms with Gasteiger partial charge in [-0.15, -0.1) is 0 Å². The molecule has 112 valence electrons. The van der Waals surface area contributed by atoms with Crippen LogP contribution in [0.2, 0.25) is 0 Å². The summed E-state index contributed by atoms with van der Waals surface area (Å²) in [5.41, 5.74) is 1.30. The lowest BCUT2D eigenvalue weighted by Crippen LogP contribution is -2.33. The molecule has 3 aromatic rings. The van der Waals surface area contributed by atoms with E-state index in [9.17, 15) is 5.11 Å². The quantitative estimate of drug-likeness (QED) is 0.781. The Balaban J connectivity index is 1.68. The minimum absolute atomic E-state index is 0.264. The van der Waals surface area contributed by atoms with E-state index in [2.05, 4.69) is 21.2 Å². The van der Waals surface area contributed by atoms with Gasteiger partial charge in [0, 0.05) is 25.9 Å². The topological polar surface area (TPSA) is 77.0 Å². The SMILES string of the molecule is Cn1ccnc1-c1noc(C2(O)CCc3ccccc3C2)n1. The van der Waals surface area contributed by atoms with Crippen molar-refractivity contribution in [3.63, 3.8) is 0 Å². The highest BCUT2D eigenvalue weighted by Gasteiger charge is 2.39. The molecule has 0 spiro atoms. The molecule has 2 heterocycles. The van der Waals surface area contributed by atoms with E-state index in [-0.39, 0.29) is 5.89 Å². The molecule has 0 aliphatic heterocycles. The first-order valence-electron chi connectivity index (χ1n) is 7.27. The van der Waals surface area contributed by atoms with E-state index in [0.717, 1.165) is 12.0 Å². The fourth-order valence-electron chi connectivity index (χ4n) is 2.99. The summed E-state index contributed by atoms with van der Waals surface area (Å²) in [5, 5.41) is 14.9. The van der Waals surface area contributed by atoms with Gasteiger partial charge >= 0.3 is 0 Å². The van der Waals surface area contributed by atoms with Crippen molar-refractivity contribution in [1.29, 1.82) is 0 Å². The van der Waals surface area contributed by atoms with Gasteiger partial charge < -0.3 is 14.2 Å². The van der Waals surface area contributed by atoms with Crippen molar-refractivity contribution in [1.82, 2.24) is 19.7 Å². The highest BCUT2D eigenvalue weighted by Crippen LogP contribution is 2.36. The van der Waals surface area contributed by atoms with E-state index < -0.39 is 5.60 Å². The van der Waals surface area contributed by atoms with Crippen LogP contribution in [0.5, 0.6) is 0 Å². The number of benzene rings is 1. The Labute approximate surface area is 127 Å². The third-order valence-electron chi connectivity index (χ3n) is 4.25. The van der Waals surface area contributed by atoms with Crippen LogP contribution in [0.3, 0.4) is 0 Å². The van der Waals surface area contributed by atoms with Gasteiger partial charge in [0.2, 0.25) is 5.82 Å². The second kappa shape index (κ2) is 4.78. The van der Waals surface area contributed by atoms with Gasteiger partial charge in [-0.3, -0.25) is 0 Å². The number of nitrogens with zero attached hydrogens (tertiary/aromatic N) is 4. The molecule has 0 fully saturated rings. The van der Waals surface area contributed by atoms with E-state index in [0.29, 0.717) is 24.5 Å². The number of fused-ring (bicyclic) bond motifs is 1. The molecular formula is C16H16N4O2. The summed E-state index contributed by atoms with van der Waals surface area (Å²) >= 11 is 0. The zero-order valence-corrected chi connectivity index (χ0v) is 12.2. The van der Waals surface area contributed by atoms with Gasteiger partial charge in [0.25, 0.3) is 5.89 Å². The van der Waals surface area contributed by atoms with Gasteiger partial charge in [-0.2, -0.15) is 4.98 Å². The lowest BCUT2D eigenvalue weighted by molar-refractivity contribution is -0.00860. The fourth-order valence-corrected chi connectivity index (χ4v) is 2.99. The molecule has 1 aliphatic carbocycles. The molecule has 1 aromatic carbocycles. The summed E-state index contributed by atoms with van der Waals surface area (Å²) < 4.78 is 7.15. The first kappa shape index (κ1) is 13.2. The number of hydrogen-bond donors (Lipinski definition) is 1. The Morgan fingerprint density at radius 3 is 2.86 bits per heavy atom. The summed E-state index contributed by atoms with van der Waals surface area (Å²) in [6.45, 7) is 0. The molecule has 6 nitrogen and oxygen atoms in total. The number of aryl methyl sites for hydroxylation is 2. The van der Waals surface area contributed by atoms with E-state index in [1.54, 1.807) is 6.20 Å². The van der Waals surface area contributed by atoms with E-state index >= 15 is 0 Å². The average molecular weight is 296 g/mol. The van der Waals surface area contributed by atoms with Crippen molar-refractivity contribution in [3.05, 3.63) is 53.7 Å². The maximum Gasteiger partial charge on any atom is 0.259 e. The first-order valence-corrected chi connectivity index (χ1v) is 7.27. The molecule has 22 heavy (non-hydrogen) atoms. The molecule has 6 heteroatoms. The zero-order valence-electron chi connectivity index (χ0n) is 12.2. The molecule has 1 atom stereocenters. The van der Waals surface area contributed by atoms with Crippen LogP contribution in [-0.2, 0) is 25.5 Å². The smallest absolute Gasteiger partial charge is 0.259 e. The second-order valence-corrected chi connectivity index (χ2v) is 5.76. The maximum absolute atomic E-state index is 10.9. The minimum Gasteiger partial charge on any atom is -0.380 e. The lowest BCUT2D eigenvalue weighted by Gasteiger charge is -2.30. The van der Waals surface area contributed by atoms with Crippen molar-refractivity contribution >= 4 is 0 Å². The number of hydrogen-bond acceptors (Lipinski definition) is 5. The molecule has 0 amide bonds. The average Bonchev–Trinajstić information content (AvgIpc) is 3.16. The highest BCUT2D eigenvalue weighted by atomic mass is 16.5. The molecule has 1 unspecified atom stereocenters. The number of aromatic nitrogens is 4. The monoisotopic (exact) mass is 296 g/mol. The van der Waals surface area contributed by atoms with Gasteiger partial charge in [-0.05, 0) is 24.0 Å². The van der Waals surface area contributed by atoms with E-state index in [4.69, 9.17) is 4.52 Å². The predicted molar refractivity (Wildman–Crippen MR) is 78.9 cm³/mol. The van der Waals surface area contributed by atoms with E-state index in [1.807, 2.05) is 36.0 Å². The largest absolute Gasteiger partial charge is 0.380 e. The number of imidazole rings is 1. The van der Waals surface area contributed by atoms with Crippen LogP contribution in [0.25, 0.3) is 11.6 Å². The van der Waals surface area contributed by atoms with Crippen LogP contribution in [0, 0.1) is 0 Å². The number of rotatable bonds is 2. The first-order chi connectivity index (χ1) is 10.7. The molecule has 0 saturated heterocycles. The molecule has 1 aliphatic rings. The summed E-state index contributed by atoms with van der Waals surface area (Å²) in [7, 11) is 1.87. The normalized spacial score (nSPS) is 20.8. The molecule has 0 saturated carbocycles. The highest BCUT2D eigenvalue weighted by molar-refractivity contribution is 5.43. The Morgan fingerprint density at radius 2 is 2.09 bits per heavy atom. The predicted octanol–water partition coefficient (Wildman–Crippen LogP) is 1.85. The molecule has 0 radical (unpaired) electrons. The third kappa shape index (κ3) is 2.03. The van der Waals surface area contributed by atoms with Crippen LogP contribution in [0.4, 0.5) is 0 Å². The van der Waals surface area contributed by atoms with Crippen LogP contribution < -0.4 is 0 Å². The van der Waals surface area contributed by atoms with Crippen LogP contribution >= 0.6 is 0 Å². The molecule has 0 bridgehead atoms. The van der Waals surface area contributed by atoms with Crippen molar-refractivity contribution in [2.45, 2.75) is 24.9 Å². The summed E-state index contributed by atoms with van der Waals surface area (Å²) in [6.07, 6.45) is 5.36.